The first-order chi connectivity index (χ1) is 13.8. The minimum atomic E-state index is -0.565. The summed E-state index contributed by atoms with van der Waals surface area (Å²) in [6.07, 6.45) is -0.565. The molecule has 0 saturated carbocycles. The zero-order valence-electron chi connectivity index (χ0n) is 15.6. The molecule has 1 atom stereocenters. The van der Waals surface area contributed by atoms with Crippen molar-refractivity contribution in [1.29, 1.82) is 0 Å². The molecule has 1 N–H and O–H groups in total. The summed E-state index contributed by atoms with van der Waals surface area (Å²) in [4.78, 5) is 16.2. The van der Waals surface area contributed by atoms with Crippen LogP contribution in [-0.4, -0.2) is 56.5 Å². The summed E-state index contributed by atoms with van der Waals surface area (Å²) in [7, 11) is 0. The minimum absolute atomic E-state index is 0.0108. The summed E-state index contributed by atoms with van der Waals surface area (Å²) in [5.74, 6) is 2.98. The van der Waals surface area contributed by atoms with Gasteiger partial charge < -0.3 is 28.7 Å². The number of rotatable bonds is 3. The van der Waals surface area contributed by atoms with Crippen molar-refractivity contribution in [2.45, 2.75) is 12.6 Å². The summed E-state index contributed by atoms with van der Waals surface area (Å²) < 4.78 is 22.4. The Hall–Kier alpha value is -2.93. The molecule has 0 spiro atoms. The Morgan fingerprint density at radius 3 is 2.57 bits per heavy atom. The van der Waals surface area contributed by atoms with E-state index in [-0.39, 0.29) is 12.5 Å². The highest BCUT2D eigenvalue weighted by Crippen LogP contribution is 2.32. The lowest BCUT2D eigenvalue weighted by Crippen LogP contribution is -3.13. The number of ether oxygens (including phenoxy) is 4. The van der Waals surface area contributed by atoms with E-state index >= 15 is 0 Å². The van der Waals surface area contributed by atoms with Gasteiger partial charge in [-0.3, -0.25) is 4.79 Å². The van der Waals surface area contributed by atoms with E-state index in [4.69, 9.17) is 18.9 Å². The zero-order chi connectivity index (χ0) is 18.9. The van der Waals surface area contributed by atoms with Crippen LogP contribution in [0, 0.1) is 0 Å². The number of carbonyl (C=O) groups is 1. The van der Waals surface area contributed by atoms with Gasteiger partial charge in [0.1, 0.15) is 13.2 Å². The van der Waals surface area contributed by atoms with Gasteiger partial charge in [0.25, 0.3) is 5.91 Å². The third kappa shape index (κ3) is 3.33. The second-order valence-corrected chi connectivity index (χ2v) is 7.30. The molecule has 1 fully saturated rings. The van der Waals surface area contributed by atoms with E-state index in [1.54, 1.807) is 0 Å². The molecule has 7 heteroatoms. The summed E-state index contributed by atoms with van der Waals surface area (Å²) in [5, 5.41) is 0. The van der Waals surface area contributed by atoms with Gasteiger partial charge in [0, 0.05) is 5.56 Å². The first-order valence-corrected chi connectivity index (χ1v) is 9.65. The largest absolute Gasteiger partial charge is 0.485 e. The fourth-order valence-electron chi connectivity index (χ4n) is 3.90. The fraction of sp³-hybridized carbons (Fsp3) is 0.381. The van der Waals surface area contributed by atoms with Gasteiger partial charge >= 0.3 is 0 Å². The highest BCUT2D eigenvalue weighted by Gasteiger charge is 2.33. The second-order valence-electron chi connectivity index (χ2n) is 7.30. The average Bonchev–Trinajstić information content (AvgIpc) is 3.21. The van der Waals surface area contributed by atoms with Crippen molar-refractivity contribution in [1.82, 2.24) is 4.90 Å². The molecule has 3 aliphatic rings. The van der Waals surface area contributed by atoms with E-state index in [0.717, 1.165) is 44.2 Å². The van der Waals surface area contributed by atoms with Crippen LogP contribution in [0.15, 0.2) is 42.5 Å². The maximum Gasteiger partial charge on any atom is 0.267 e. The molecule has 3 aliphatic heterocycles. The van der Waals surface area contributed by atoms with Crippen molar-refractivity contribution in [2.75, 3.05) is 39.6 Å². The van der Waals surface area contributed by atoms with Crippen molar-refractivity contribution in [3.8, 4) is 23.0 Å². The highest BCUT2D eigenvalue weighted by atomic mass is 16.7. The molecule has 3 heterocycles. The number of benzene rings is 2. The van der Waals surface area contributed by atoms with Gasteiger partial charge in [0.05, 0.1) is 26.2 Å². The summed E-state index contributed by atoms with van der Waals surface area (Å²) in [5.41, 5.74) is 1.22. The average molecular weight is 383 g/mol. The van der Waals surface area contributed by atoms with Crippen LogP contribution in [0.25, 0.3) is 0 Å². The number of hydrogen-bond donors (Lipinski definition) is 1. The number of piperazine rings is 1. The summed E-state index contributed by atoms with van der Waals surface area (Å²) in [6.45, 7) is 4.73. The van der Waals surface area contributed by atoms with Crippen LogP contribution in [0.2, 0.25) is 0 Å². The predicted octanol–water partition coefficient (Wildman–Crippen LogP) is 0.482. The van der Waals surface area contributed by atoms with Gasteiger partial charge in [-0.2, -0.15) is 0 Å². The Morgan fingerprint density at radius 2 is 1.71 bits per heavy atom. The molecule has 0 bridgehead atoms. The standard InChI is InChI=1S/C21H22N2O5/c24-21(20-13-25-16-3-1-2-4-18(16)28-20)23-9-7-22(8-10-23)12-15-5-6-17-19(11-15)27-14-26-17/h1-6,11,20H,7-10,12-14H2/p+1/t20-/m1/s1. The number of hydrogen-bond acceptors (Lipinski definition) is 5. The van der Waals surface area contributed by atoms with Gasteiger partial charge in [-0.05, 0) is 30.3 Å². The molecule has 0 aromatic heterocycles. The fourth-order valence-corrected chi connectivity index (χ4v) is 3.90. The normalized spacial score (nSPS) is 20.9. The van der Waals surface area contributed by atoms with Crippen molar-refractivity contribution in [3.05, 3.63) is 48.0 Å². The van der Waals surface area contributed by atoms with Crippen molar-refractivity contribution < 1.29 is 28.6 Å². The van der Waals surface area contributed by atoms with Crippen LogP contribution in [0.4, 0.5) is 0 Å². The quantitative estimate of drug-likeness (QED) is 0.836. The van der Waals surface area contributed by atoms with Crippen molar-refractivity contribution in [2.24, 2.45) is 0 Å². The molecule has 0 unspecified atom stereocenters. The van der Waals surface area contributed by atoms with Crippen LogP contribution in [0.1, 0.15) is 5.56 Å². The summed E-state index contributed by atoms with van der Waals surface area (Å²) in [6, 6.07) is 13.6. The molecule has 5 rings (SSSR count). The minimum Gasteiger partial charge on any atom is -0.485 e. The Morgan fingerprint density at radius 1 is 0.964 bits per heavy atom. The third-order valence-corrected chi connectivity index (χ3v) is 5.46. The third-order valence-electron chi connectivity index (χ3n) is 5.46. The molecular formula is C21H23N2O5+. The van der Waals surface area contributed by atoms with Gasteiger partial charge in [-0.25, -0.2) is 0 Å². The molecule has 0 aliphatic carbocycles. The van der Waals surface area contributed by atoms with Gasteiger partial charge in [-0.15, -0.1) is 0 Å². The SMILES string of the molecule is O=C([C@H]1COc2ccccc2O1)N1CC[NH+](Cc2ccc3c(c2)OCO3)CC1. The maximum absolute atomic E-state index is 12.8. The van der Waals surface area contributed by atoms with Crippen LogP contribution in [-0.2, 0) is 11.3 Å². The summed E-state index contributed by atoms with van der Waals surface area (Å²) >= 11 is 0. The number of nitrogens with one attached hydrogen (secondary N) is 1. The van der Waals surface area contributed by atoms with Gasteiger partial charge in [0.15, 0.2) is 23.0 Å². The highest BCUT2D eigenvalue weighted by molar-refractivity contribution is 5.82. The first kappa shape index (κ1) is 17.2. The van der Waals surface area contributed by atoms with Crippen LogP contribution < -0.4 is 23.8 Å². The number of carbonyl (C=O) groups excluding carboxylic acids is 1. The molecule has 1 saturated heterocycles. The molecule has 7 nitrogen and oxygen atoms in total. The first-order valence-electron chi connectivity index (χ1n) is 9.65. The second kappa shape index (κ2) is 7.24. The number of nitrogens with zero attached hydrogens (tertiary/aromatic N) is 1. The van der Waals surface area contributed by atoms with Gasteiger partial charge in [-0.1, -0.05) is 12.1 Å². The predicted molar refractivity (Wildman–Crippen MR) is 99.9 cm³/mol. The van der Waals surface area contributed by atoms with E-state index in [1.807, 2.05) is 35.2 Å². The molecule has 28 heavy (non-hydrogen) atoms. The van der Waals surface area contributed by atoms with Crippen molar-refractivity contribution >= 4 is 5.91 Å². The van der Waals surface area contributed by atoms with E-state index in [2.05, 4.69) is 12.1 Å². The van der Waals surface area contributed by atoms with E-state index in [0.29, 0.717) is 18.3 Å². The molecule has 146 valence electrons. The Kier molecular flexibility index (Phi) is 4.44. The van der Waals surface area contributed by atoms with Crippen LogP contribution in [0.3, 0.4) is 0 Å². The lowest BCUT2D eigenvalue weighted by molar-refractivity contribution is -0.917. The lowest BCUT2D eigenvalue weighted by atomic mass is 10.1. The van der Waals surface area contributed by atoms with E-state index in [1.165, 1.54) is 10.5 Å². The Bertz CT molecular complexity index is 879. The molecule has 2 aromatic rings. The van der Waals surface area contributed by atoms with E-state index < -0.39 is 6.10 Å². The number of quaternary nitrogens is 1. The molecule has 1 amide bonds. The van der Waals surface area contributed by atoms with Crippen LogP contribution >= 0.6 is 0 Å². The molecule has 2 aromatic carbocycles. The van der Waals surface area contributed by atoms with Crippen LogP contribution in [0.5, 0.6) is 23.0 Å². The Balaban J connectivity index is 1.15. The monoisotopic (exact) mass is 383 g/mol. The zero-order valence-corrected chi connectivity index (χ0v) is 15.6. The van der Waals surface area contributed by atoms with Crippen molar-refractivity contribution in [3.63, 3.8) is 0 Å². The maximum atomic E-state index is 12.8. The molecular weight excluding hydrogens is 360 g/mol. The molecule has 0 radical (unpaired) electrons. The number of para-hydroxylation sites is 2. The van der Waals surface area contributed by atoms with E-state index in [9.17, 15) is 4.79 Å². The number of amides is 1. The van der Waals surface area contributed by atoms with Gasteiger partial charge in [0.2, 0.25) is 12.9 Å². The topological polar surface area (TPSA) is 61.7 Å². The number of fused-ring (bicyclic) bond motifs is 2. The Labute approximate surface area is 163 Å². The lowest BCUT2D eigenvalue weighted by Gasteiger charge is -2.35. The smallest absolute Gasteiger partial charge is 0.267 e.